The van der Waals surface area contributed by atoms with Crippen LogP contribution >= 0.6 is 13.9 Å². The standard InChI is InChI=1S/C19H24N8O9P2S2/c20-13-1-2-26(19(29)25-13)15-4-10(12(35-15)5-32-37(30)39)36-38(31,40)33-6-11-9(28)3-14(34-11)27-8-24-16-17(21)22-7-23-18(16)27/h1-2,7-12,14-15,28H,3-6H2,(H,31,40)(H2,20,25,29)(H2,21,22,23)/t9-,10-,11+,12+,14+,15+,38?/m0/s1. The number of ether oxygens (including phenoxy) is 2. The van der Waals surface area contributed by atoms with E-state index < -0.39 is 56.5 Å². The third-order valence-electron chi connectivity index (χ3n) is 6.26. The van der Waals surface area contributed by atoms with Gasteiger partial charge in [0.05, 0.1) is 19.0 Å². The fourth-order valence-electron chi connectivity index (χ4n) is 4.40. The molecule has 40 heavy (non-hydrogen) atoms. The maximum absolute atomic E-state index is 12.3. The fourth-order valence-corrected chi connectivity index (χ4v) is 6.32. The van der Waals surface area contributed by atoms with Crippen LogP contribution in [0.5, 0.6) is 0 Å². The summed E-state index contributed by atoms with van der Waals surface area (Å²) in [6.07, 6.45) is -0.793. The number of nitrogens with two attached hydrogens (primary N) is 2. The second-order valence-electron chi connectivity index (χ2n) is 8.85. The molecule has 5 rings (SSSR count). The topological polar surface area (TPSA) is 234 Å². The molecule has 0 aliphatic carbocycles. The molecule has 0 bridgehead atoms. The molecule has 2 aliphatic rings. The van der Waals surface area contributed by atoms with Crippen molar-refractivity contribution in [3.8, 4) is 0 Å². The fraction of sp³-hybridized carbons (Fsp3) is 0.526. The molecule has 2 fully saturated rings. The van der Waals surface area contributed by atoms with Crippen molar-refractivity contribution >= 4 is 60.8 Å². The van der Waals surface area contributed by atoms with E-state index in [1.807, 2.05) is 0 Å². The van der Waals surface area contributed by atoms with Gasteiger partial charge in [0, 0.05) is 19.0 Å². The molecule has 21 heteroatoms. The first-order valence-electron chi connectivity index (χ1n) is 11.7. The molecule has 8 atom stereocenters. The van der Waals surface area contributed by atoms with Crippen LogP contribution in [0.1, 0.15) is 25.3 Å². The summed E-state index contributed by atoms with van der Waals surface area (Å²) >= 11 is 9.77. The Hall–Kier alpha value is -2.15. The minimum Gasteiger partial charge on any atom is -0.408 e. The molecule has 0 spiro atoms. The van der Waals surface area contributed by atoms with E-state index in [0.29, 0.717) is 11.2 Å². The maximum atomic E-state index is 12.3. The van der Waals surface area contributed by atoms with Crippen molar-refractivity contribution in [2.45, 2.75) is 49.7 Å². The molecule has 0 aromatic carbocycles. The molecule has 2 saturated heterocycles. The smallest absolute Gasteiger partial charge is 0.372 e. The summed E-state index contributed by atoms with van der Waals surface area (Å²) in [7, 11) is -2.38. The number of rotatable bonds is 10. The van der Waals surface area contributed by atoms with Gasteiger partial charge in [0.1, 0.15) is 55.0 Å². The Labute approximate surface area is 237 Å². The number of hydrogen-bond donors (Lipinski definition) is 4. The van der Waals surface area contributed by atoms with Gasteiger partial charge in [0.25, 0.3) is 0 Å². The molecule has 6 N–H and O–H groups in total. The molecule has 17 nitrogen and oxygen atoms in total. The molecule has 0 amide bonds. The highest BCUT2D eigenvalue weighted by Crippen LogP contribution is 2.49. The van der Waals surface area contributed by atoms with E-state index in [4.69, 9.17) is 46.3 Å². The largest absolute Gasteiger partial charge is 0.408 e. The molecular weight excluding hydrogens is 610 g/mol. The SMILES string of the molecule is Nc1ccn([C@H]2C[C@H](OP(O)(=S)OC[C@H]3O[C@@H](n4cnc5c(N)ncnc54)C[C@@H]3O)[C@@H](CO[P+](=O)[S-])O2)c(=O)n1. The number of aliphatic hydroxyl groups is 1. The average Bonchev–Trinajstić information content (AvgIpc) is 3.58. The summed E-state index contributed by atoms with van der Waals surface area (Å²) in [5.41, 5.74) is 11.5. The lowest BCUT2D eigenvalue weighted by atomic mass is 10.2. The van der Waals surface area contributed by atoms with Crippen molar-refractivity contribution in [2.24, 2.45) is 0 Å². The summed E-state index contributed by atoms with van der Waals surface area (Å²) in [6, 6.07) is 1.42. The van der Waals surface area contributed by atoms with Gasteiger partial charge < -0.3 is 52.2 Å². The summed E-state index contributed by atoms with van der Waals surface area (Å²) < 4.78 is 42.1. The second-order valence-corrected chi connectivity index (χ2v) is 13.2. The number of nitrogen functional groups attached to an aromatic ring is 2. The minimum absolute atomic E-state index is 0.0338. The molecule has 5 heterocycles. The van der Waals surface area contributed by atoms with E-state index in [9.17, 15) is 19.4 Å². The van der Waals surface area contributed by atoms with Crippen LogP contribution in [-0.2, 0) is 51.7 Å². The zero-order valence-electron chi connectivity index (χ0n) is 20.4. The Bertz CT molecular complexity index is 1510. The zero-order valence-corrected chi connectivity index (χ0v) is 23.8. The van der Waals surface area contributed by atoms with Crippen LogP contribution in [0.4, 0.5) is 11.6 Å². The zero-order chi connectivity index (χ0) is 28.6. The van der Waals surface area contributed by atoms with Gasteiger partial charge in [-0.1, -0.05) is 4.57 Å². The highest BCUT2D eigenvalue weighted by Gasteiger charge is 2.43. The predicted molar refractivity (Wildman–Crippen MR) is 144 cm³/mol. The van der Waals surface area contributed by atoms with Gasteiger partial charge in [0.15, 0.2) is 11.5 Å². The van der Waals surface area contributed by atoms with Gasteiger partial charge >= 0.3 is 19.6 Å². The lowest BCUT2D eigenvalue weighted by Gasteiger charge is -2.24. The number of aliphatic hydroxyl groups excluding tert-OH is 1. The highest BCUT2D eigenvalue weighted by atomic mass is 32.7. The van der Waals surface area contributed by atoms with Gasteiger partial charge in [-0.15, -0.1) is 0 Å². The first kappa shape index (κ1) is 29.3. The van der Waals surface area contributed by atoms with E-state index >= 15 is 0 Å². The number of imidazole rings is 1. The van der Waals surface area contributed by atoms with Crippen LogP contribution in [0.3, 0.4) is 0 Å². The first-order chi connectivity index (χ1) is 19.0. The molecular formula is C19H24N8O9P2S2. The number of anilines is 2. The summed E-state index contributed by atoms with van der Waals surface area (Å²) in [4.78, 5) is 39.0. The summed E-state index contributed by atoms with van der Waals surface area (Å²) in [5.74, 6) is 0.241. The Kier molecular flexibility index (Phi) is 8.80. The number of nitrogens with zero attached hydrogens (tertiary/aromatic N) is 6. The highest BCUT2D eigenvalue weighted by molar-refractivity contribution is 8.25. The van der Waals surface area contributed by atoms with Gasteiger partial charge in [-0.05, 0) is 17.9 Å². The Balaban J connectivity index is 1.23. The third-order valence-corrected chi connectivity index (χ3v) is 8.52. The van der Waals surface area contributed by atoms with Gasteiger partial charge in [-0.25, -0.2) is 19.7 Å². The van der Waals surface area contributed by atoms with Crippen molar-refractivity contribution in [2.75, 3.05) is 24.7 Å². The van der Waals surface area contributed by atoms with Crippen molar-refractivity contribution in [3.63, 3.8) is 0 Å². The first-order valence-corrected chi connectivity index (χ1v) is 16.5. The number of aromatic nitrogens is 6. The van der Waals surface area contributed by atoms with Crippen LogP contribution in [0.15, 0.2) is 29.7 Å². The lowest BCUT2D eigenvalue weighted by Crippen LogP contribution is -2.29. The quantitative estimate of drug-likeness (QED) is 0.170. The summed E-state index contributed by atoms with van der Waals surface area (Å²) in [6.45, 7) is -4.50. The predicted octanol–water partition coefficient (Wildman–Crippen LogP) is 0.0230. The van der Waals surface area contributed by atoms with Crippen molar-refractivity contribution < 1.29 is 37.6 Å². The number of hydrogen-bond acceptors (Lipinski definition) is 16. The summed E-state index contributed by atoms with van der Waals surface area (Å²) in [5, 5.41) is 10.6. The van der Waals surface area contributed by atoms with Crippen LogP contribution in [0.25, 0.3) is 11.2 Å². The van der Waals surface area contributed by atoms with Gasteiger partial charge in [-0.3, -0.25) is 9.13 Å². The minimum atomic E-state index is -3.94. The molecule has 2 unspecified atom stereocenters. The third kappa shape index (κ3) is 6.50. The average molecular weight is 635 g/mol. The second kappa shape index (κ2) is 12.0. The van der Waals surface area contributed by atoms with Crippen molar-refractivity contribution in [3.05, 3.63) is 35.4 Å². The molecule has 3 aromatic heterocycles. The Morgan fingerprint density at radius 3 is 2.67 bits per heavy atom. The molecule has 3 aromatic rings. The number of fused-ring (bicyclic) bond motifs is 1. The van der Waals surface area contributed by atoms with E-state index in [0.717, 1.165) is 0 Å². The van der Waals surface area contributed by atoms with Crippen LogP contribution in [0.2, 0.25) is 0 Å². The van der Waals surface area contributed by atoms with Crippen LogP contribution < -0.4 is 17.2 Å². The van der Waals surface area contributed by atoms with E-state index in [2.05, 4.69) is 32.2 Å². The Morgan fingerprint density at radius 1 is 1.18 bits per heavy atom. The van der Waals surface area contributed by atoms with Crippen molar-refractivity contribution in [1.82, 2.24) is 29.1 Å². The van der Waals surface area contributed by atoms with Crippen molar-refractivity contribution in [1.29, 1.82) is 0 Å². The normalized spacial score (nSPS) is 28.6. The molecule has 216 valence electrons. The van der Waals surface area contributed by atoms with E-state index in [1.54, 1.807) is 4.57 Å². The maximum Gasteiger partial charge on any atom is 0.372 e. The van der Waals surface area contributed by atoms with Crippen LogP contribution in [-0.4, -0.2) is 76.7 Å². The lowest BCUT2D eigenvalue weighted by molar-refractivity contribution is -0.0489. The monoisotopic (exact) mass is 634 g/mol. The van der Waals surface area contributed by atoms with E-state index in [1.165, 1.54) is 29.5 Å². The van der Waals surface area contributed by atoms with Crippen LogP contribution in [0, 0.1) is 0 Å². The van der Waals surface area contributed by atoms with E-state index in [-0.39, 0.29) is 37.7 Å². The molecule has 2 aliphatic heterocycles. The van der Waals surface area contributed by atoms with Gasteiger partial charge in [-0.2, -0.15) is 9.51 Å². The molecule has 0 saturated carbocycles. The Morgan fingerprint density at radius 2 is 1.93 bits per heavy atom. The van der Waals surface area contributed by atoms with Gasteiger partial charge in [0.2, 0.25) is 0 Å². The molecule has 0 radical (unpaired) electrons.